The van der Waals surface area contributed by atoms with Gasteiger partial charge in [-0.05, 0) is 24.6 Å². The van der Waals surface area contributed by atoms with Crippen molar-refractivity contribution in [1.29, 1.82) is 0 Å². The van der Waals surface area contributed by atoms with E-state index in [0.717, 1.165) is 0 Å². The standard InChI is InChI=1S/C12H12.C6H3N3O7/c1-9-3-5-11-6-4-10(2)8-12(11)7-9;10-6-4(8(13)14)1-3(7(11)12)2-5(6)9(15)16/h3-8H,1-2H3;1-2,10H. The van der Waals surface area contributed by atoms with Crippen LogP contribution in [0.5, 0.6) is 5.75 Å². The van der Waals surface area contributed by atoms with Crippen molar-refractivity contribution < 1.29 is 19.9 Å². The van der Waals surface area contributed by atoms with E-state index in [1.54, 1.807) is 0 Å². The molecule has 0 unspecified atom stereocenters. The highest BCUT2D eigenvalue weighted by molar-refractivity contribution is 5.83. The van der Waals surface area contributed by atoms with Crippen molar-refractivity contribution in [3.8, 4) is 5.75 Å². The molecule has 144 valence electrons. The summed E-state index contributed by atoms with van der Waals surface area (Å²) < 4.78 is 0. The number of phenolic OH excluding ortho intramolecular Hbond substituents is 1. The highest BCUT2D eigenvalue weighted by Crippen LogP contribution is 2.38. The van der Waals surface area contributed by atoms with E-state index in [1.165, 1.54) is 21.9 Å². The van der Waals surface area contributed by atoms with Crippen LogP contribution in [-0.2, 0) is 0 Å². The molecule has 0 amide bonds. The number of hydrogen-bond donors (Lipinski definition) is 1. The van der Waals surface area contributed by atoms with Crippen molar-refractivity contribution >= 4 is 27.8 Å². The average Bonchev–Trinajstić information content (AvgIpc) is 2.61. The van der Waals surface area contributed by atoms with E-state index in [9.17, 15) is 30.3 Å². The van der Waals surface area contributed by atoms with Crippen molar-refractivity contribution in [2.75, 3.05) is 0 Å². The topological polar surface area (TPSA) is 150 Å². The number of phenols is 1. The van der Waals surface area contributed by atoms with Crippen LogP contribution >= 0.6 is 0 Å². The zero-order valence-electron chi connectivity index (χ0n) is 14.9. The summed E-state index contributed by atoms with van der Waals surface area (Å²) >= 11 is 0. The zero-order valence-corrected chi connectivity index (χ0v) is 14.9. The number of nitrogens with zero attached hydrogens (tertiary/aromatic N) is 3. The van der Waals surface area contributed by atoms with E-state index in [2.05, 4.69) is 50.2 Å². The van der Waals surface area contributed by atoms with Crippen LogP contribution in [0.15, 0.2) is 48.5 Å². The van der Waals surface area contributed by atoms with E-state index in [1.807, 2.05) is 0 Å². The Labute approximate surface area is 158 Å². The molecule has 0 atom stereocenters. The van der Waals surface area contributed by atoms with Gasteiger partial charge in [0.15, 0.2) is 0 Å². The van der Waals surface area contributed by atoms with Crippen LogP contribution in [-0.4, -0.2) is 19.9 Å². The number of hydrogen-bond acceptors (Lipinski definition) is 7. The van der Waals surface area contributed by atoms with Gasteiger partial charge < -0.3 is 5.11 Å². The lowest BCUT2D eigenvalue weighted by Gasteiger charge is -1.99. The molecule has 0 radical (unpaired) electrons. The van der Waals surface area contributed by atoms with Crippen molar-refractivity contribution in [1.82, 2.24) is 0 Å². The van der Waals surface area contributed by atoms with E-state index in [-0.39, 0.29) is 0 Å². The Bertz CT molecular complexity index is 1020. The molecule has 10 nitrogen and oxygen atoms in total. The fourth-order valence-electron chi connectivity index (χ4n) is 2.46. The quantitative estimate of drug-likeness (QED) is 0.512. The van der Waals surface area contributed by atoms with Gasteiger partial charge in [0.05, 0.1) is 26.9 Å². The van der Waals surface area contributed by atoms with Crippen molar-refractivity contribution in [3.63, 3.8) is 0 Å². The lowest BCUT2D eigenvalue weighted by atomic mass is 10.1. The molecule has 0 aliphatic carbocycles. The lowest BCUT2D eigenvalue weighted by Crippen LogP contribution is -1.97. The maximum absolute atomic E-state index is 10.4. The van der Waals surface area contributed by atoms with E-state index in [4.69, 9.17) is 5.11 Å². The van der Waals surface area contributed by atoms with Gasteiger partial charge in [-0.25, -0.2) is 0 Å². The summed E-state index contributed by atoms with van der Waals surface area (Å²) in [5.41, 5.74) is -0.348. The first-order valence-electron chi connectivity index (χ1n) is 7.87. The molecule has 0 spiro atoms. The number of fused-ring (bicyclic) bond motifs is 1. The zero-order chi connectivity index (χ0) is 21.0. The van der Waals surface area contributed by atoms with Gasteiger partial charge in [0, 0.05) is 0 Å². The molecule has 0 saturated carbocycles. The summed E-state index contributed by atoms with van der Waals surface area (Å²) in [4.78, 5) is 27.8. The molecule has 0 aromatic heterocycles. The highest BCUT2D eigenvalue weighted by Gasteiger charge is 2.30. The average molecular weight is 385 g/mol. The lowest BCUT2D eigenvalue weighted by molar-refractivity contribution is -0.404. The van der Waals surface area contributed by atoms with Gasteiger partial charge in [-0.1, -0.05) is 47.5 Å². The summed E-state index contributed by atoms with van der Waals surface area (Å²) in [6.07, 6.45) is 0. The molecular formula is C18H15N3O7. The van der Waals surface area contributed by atoms with Crippen LogP contribution in [0.3, 0.4) is 0 Å². The molecule has 10 heteroatoms. The Kier molecular flexibility index (Phi) is 5.84. The molecule has 0 saturated heterocycles. The molecule has 0 fully saturated rings. The fourth-order valence-corrected chi connectivity index (χ4v) is 2.46. The van der Waals surface area contributed by atoms with Crippen LogP contribution in [0.4, 0.5) is 17.1 Å². The predicted octanol–water partition coefficient (Wildman–Crippen LogP) is 4.57. The number of non-ortho nitro benzene ring substituents is 1. The van der Waals surface area contributed by atoms with E-state index >= 15 is 0 Å². The second kappa shape index (κ2) is 8.08. The first-order chi connectivity index (χ1) is 13.1. The van der Waals surface area contributed by atoms with Crippen molar-refractivity contribution in [2.45, 2.75) is 13.8 Å². The molecule has 1 N–H and O–H groups in total. The van der Waals surface area contributed by atoms with Gasteiger partial charge in [0.2, 0.25) is 0 Å². The van der Waals surface area contributed by atoms with Gasteiger partial charge in [-0.15, -0.1) is 0 Å². The molecule has 3 aromatic carbocycles. The molecule has 3 rings (SSSR count). The summed E-state index contributed by atoms with van der Waals surface area (Å²) in [6, 6.07) is 14.0. The number of nitro benzene ring substituents is 3. The number of benzene rings is 3. The van der Waals surface area contributed by atoms with Gasteiger partial charge >= 0.3 is 11.4 Å². The van der Waals surface area contributed by atoms with E-state index < -0.39 is 37.6 Å². The highest BCUT2D eigenvalue weighted by atomic mass is 16.6. The van der Waals surface area contributed by atoms with Crippen molar-refractivity contribution in [2.24, 2.45) is 0 Å². The smallest absolute Gasteiger partial charge is 0.324 e. The predicted molar refractivity (Wildman–Crippen MR) is 101 cm³/mol. The number of aryl methyl sites for hydroxylation is 2. The molecule has 3 aromatic rings. The van der Waals surface area contributed by atoms with Crippen LogP contribution in [0, 0.1) is 44.2 Å². The second-order valence-corrected chi connectivity index (χ2v) is 5.96. The van der Waals surface area contributed by atoms with Gasteiger partial charge in [0.1, 0.15) is 0 Å². The third-order valence-electron chi connectivity index (χ3n) is 3.81. The summed E-state index contributed by atoms with van der Waals surface area (Å²) in [7, 11) is 0. The summed E-state index contributed by atoms with van der Waals surface area (Å²) in [6.45, 7) is 4.25. The third kappa shape index (κ3) is 4.55. The maximum Gasteiger partial charge on any atom is 0.324 e. The van der Waals surface area contributed by atoms with Gasteiger partial charge in [-0.2, -0.15) is 0 Å². The van der Waals surface area contributed by atoms with E-state index in [0.29, 0.717) is 12.1 Å². The minimum Gasteiger partial charge on any atom is -0.497 e. The van der Waals surface area contributed by atoms with Crippen LogP contribution in [0.25, 0.3) is 10.8 Å². The minimum atomic E-state index is -1.21. The van der Waals surface area contributed by atoms with Gasteiger partial charge in [-0.3, -0.25) is 30.3 Å². The van der Waals surface area contributed by atoms with Crippen molar-refractivity contribution in [3.05, 3.63) is 90.0 Å². The summed E-state index contributed by atoms with van der Waals surface area (Å²) in [5, 5.41) is 42.9. The molecular weight excluding hydrogens is 370 g/mol. The molecule has 0 aliphatic heterocycles. The van der Waals surface area contributed by atoms with Crippen LogP contribution in [0.1, 0.15) is 11.1 Å². The minimum absolute atomic E-state index is 0.447. The SMILES string of the molecule is Cc1ccc2ccc(C)cc2c1.O=[N+]([O-])c1cc([N+](=O)[O-])c(O)c([N+](=O)[O-])c1. The Morgan fingerprint density at radius 1 is 0.679 bits per heavy atom. The first kappa shape index (κ1) is 20.2. The monoisotopic (exact) mass is 385 g/mol. The maximum atomic E-state index is 10.4. The molecule has 0 heterocycles. The number of rotatable bonds is 3. The molecule has 0 bridgehead atoms. The molecule has 0 aliphatic rings. The summed E-state index contributed by atoms with van der Waals surface area (Å²) in [5.74, 6) is -1.21. The fraction of sp³-hybridized carbons (Fsp3) is 0.111. The Hall–Kier alpha value is -4.08. The normalized spacial score (nSPS) is 10.1. The third-order valence-corrected chi connectivity index (χ3v) is 3.81. The van der Waals surface area contributed by atoms with Gasteiger partial charge in [0.25, 0.3) is 11.4 Å². The Balaban J connectivity index is 0.000000207. The number of nitro groups is 3. The van der Waals surface area contributed by atoms with Crippen LogP contribution < -0.4 is 0 Å². The Morgan fingerprint density at radius 3 is 1.46 bits per heavy atom. The first-order valence-corrected chi connectivity index (χ1v) is 7.87. The number of aromatic hydroxyl groups is 1. The van der Waals surface area contributed by atoms with Crippen LogP contribution in [0.2, 0.25) is 0 Å². The largest absolute Gasteiger partial charge is 0.497 e. The Morgan fingerprint density at radius 2 is 1.11 bits per heavy atom. The molecule has 28 heavy (non-hydrogen) atoms. The second-order valence-electron chi connectivity index (χ2n) is 5.96.